The zero-order valence-corrected chi connectivity index (χ0v) is 13.8. The highest BCUT2D eigenvalue weighted by atomic mass is 19.1. The summed E-state index contributed by atoms with van der Waals surface area (Å²) in [5.74, 6) is -0.182. The van der Waals surface area contributed by atoms with Crippen molar-refractivity contribution in [2.75, 3.05) is 0 Å². The Kier molecular flexibility index (Phi) is 4.19. The van der Waals surface area contributed by atoms with Crippen LogP contribution in [-0.4, -0.2) is 15.9 Å². The molecule has 0 fully saturated rings. The monoisotopic (exact) mass is 345 g/mol. The van der Waals surface area contributed by atoms with E-state index in [9.17, 15) is 9.18 Å². The van der Waals surface area contributed by atoms with E-state index in [-0.39, 0.29) is 11.5 Å². The minimum Gasteiger partial charge on any atom is -0.340 e. The van der Waals surface area contributed by atoms with Crippen LogP contribution >= 0.6 is 0 Å². The van der Waals surface area contributed by atoms with Crippen LogP contribution in [0.1, 0.15) is 27.8 Å². The number of amides is 1. The molecule has 4 aromatic rings. The molecule has 1 aromatic heterocycles. The Morgan fingerprint density at radius 3 is 2.50 bits per heavy atom. The van der Waals surface area contributed by atoms with Gasteiger partial charge in [-0.15, -0.1) is 0 Å². The van der Waals surface area contributed by atoms with Crippen molar-refractivity contribution in [2.24, 2.45) is 0 Å². The van der Waals surface area contributed by atoms with Crippen LogP contribution in [0.25, 0.3) is 11.0 Å². The van der Waals surface area contributed by atoms with Crippen molar-refractivity contribution in [1.29, 1.82) is 0 Å². The number of rotatable bonds is 4. The van der Waals surface area contributed by atoms with E-state index >= 15 is 0 Å². The number of halogens is 1. The van der Waals surface area contributed by atoms with Crippen molar-refractivity contribution in [3.8, 4) is 0 Å². The zero-order valence-electron chi connectivity index (χ0n) is 13.8. The molecule has 4 nitrogen and oxygen atoms in total. The van der Waals surface area contributed by atoms with Gasteiger partial charge in [-0.1, -0.05) is 48.5 Å². The molecule has 5 heteroatoms. The van der Waals surface area contributed by atoms with Crippen LogP contribution in [0.2, 0.25) is 0 Å². The van der Waals surface area contributed by atoms with Crippen molar-refractivity contribution in [1.82, 2.24) is 15.3 Å². The Morgan fingerprint density at radius 1 is 0.962 bits per heavy atom. The number of nitrogens with zero attached hydrogens (tertiary/aromatic N) is 1. The zero-order chi connectivity index (χ0) is 17.9. The van der Waals surface area contributed by atoms with Crippen LogP contribution in [0.15, 0.2) is 78.9 Å². The number of benzene rings is 3. The molecule has 0 radical (unpaired) electrons. The predicted molar refractivity (Wildman–Crippen MR) is 98.2 cm³/mol. The van der Waals surface area contributed by atoms with Gasteiger partial charge in [0.1, 0.15) is 17.7 Å². The highest BCUT2D eigenvalue weighted by molar-refractivity contribution is 5.94. The average molecular weight is 345 g/mol. The third-order valence-electron chi connectivity index (χ3n) is 4.18. The van der Waals surface area contributed by atoms with Crippen molar-refractivity contribution in [3.63, 3.8) is 0 Å². The van der Waals surface area contributed by atoms with Crippen molar-refractivity contribution < 1.29 is 9.18 Å². The van der Waals surface area contributed by atoms with E-state index in [0.717, 1.165) is 16.6 Å². The Labute approximate surface area is 149 Å². The summed E-state index contributed by atoms with van der Waals surface area (Å²) in [5, 5.41) is 2.95. The first-order valence-electron chi connectivity index (χ1n) is 8.27. The van der Waals surface area contributed by atoms with E-state index < -0.39 is 11.9 Å². The van der Waals surface area contributed by atoms with Crippen LogP contribution in [0.4, 0.5) is 4.39 Å². The number of fused-ring (bicyclic) bond motifs is 1. The highest BCUT2D eigenvalue weighted by Crippen LogP contribution is 2.23. The first-order valence-corrected chi connectivity index (χ1v) is 8.27. The molecular weight excluding hydrogens is 329 g/mol. The van der Waals surface area contributed by atoms with Crippen LogP contribution < -0.4 is 5.32 Å². The van der Waals surface area contributed by atoms with Crippen molar-refractivity contribution >= 4 is 16.9 Å². The van der Waals surface area contributed by atoms with E-state index in [4.69, 9.17) is 0 Å². The molecule has 1 amide bonds. The molecular formula is C21H16FN3O. The van der Waals surface area contributed by atoms with Gasteiger partial charge < -0.3 is 10.3 Å². The number of hydrogen-bond donors (Lipinski definition) is 2. The molecule has 0 aliphatic rings. The number of hydrogen-bond acceptors (Lipinski definition) is 2. The van der Waals surface area contributed by atoms with Crippen molar-refractivity contribution in [3.05, 3.63) is 102 Å². The van der Waals surface area contributed by atoms with E-state index in [2.05, 4.69) is 15.3 Å². The summed E-state index contributed by atoms with van der Waals surface area (Å²) in [6.45, 7) is 0. The number of aromatic amines is 1. The second kappa shape index (κ2) is 6.80. The van der Waals surface area contributed by atoms with Gasteiger partial charge in [0.25, 0.3) is 5.91 Å². The largest absolute Gasteiger partial charge is 0.340 e. The fraction of sp³-hybridized carbons (Fsp3) is 0.0476. The molecule has 4 rings (SSSR count). The van der Waals surface area contributed by atoms with Crippen LogP contribution in [0, 0.1) is 5.82 Å². The molecule has 0 aliphatic carbocycles. The first-order chi connectivity index (χ1) is 12.7. The fourth-order valence-corrected chi connectivity index (χ4v) is 2.91. The summed E-state index contributed by atoms with van der Waals surface area (Å²) < 4.78 is 13.5. The van der Waals surface area contributed by atoms with E-state index in [1.165, 1.54) is 18.2 Å². The molecule has 26 heavy (non-hydrogen) atoms. The number of imidazole rings is 1. The lowest BCUT2D eigenvalue weighted by Gasteiger charge is -2.17. The van der Waals surface area contributed by atoms with E-state index in [0.29, 0.717) is 5.82 Å². The van der Waals surface area contributed by atoms with Gasteiger partial charge in [-0.25, -0.2) is 9.37 Å². The summed E-state index contributed by atoms with van der Waals surface area (Å²) in [6, 6.07) is 22.4. The molecule has 0 aliphatic heterocycles. The lowest BCUT2D eigenvalue weighted by atomic mass is 10.1. The highest BCUT2D eigenvalue weighted by Gasteiger charge is 2.21. The average Bonchev–Trinajstić information content (AvgIpc) is 3.10. The Hall–Kier alpha value is -3.47. The number of para-hydroxylation sites is 2. The van der Waals surface area contributed by atoms with E-state index in [1.54, 1.807) is 6.07 Å². The van der Waals surface area contributed by atoms with Gasteiger partial charge in [0.05, 0.1) is 11.0 Å². The smallest absolute Gasteiger partial charge is 0.252 e. The molecule has 1 heterocycles. The Bertz CT molecular complexity index is 1030. The summed E-state index contributed by atoms with van der Waals surface area (Å²) in [4.78, 5) is 20.5. The minimum atomic E-state index is -0.473. The first kappa shape index (κ1) is 16.0. The molecule has 0 spiro atoms. The summed E-state index contributed by atoms with van der Waals surface area (Å²) in [6.07, 6.45) is 0. The number of carbonyl (C=O) groups is 1. The van der Waals surface area contributed by atoms with E-state index in [1.807, 2.05) is 54.6 Å². The minimum absolute atomic E-state index is 0.266. The Balaban J connectivity index is 1.72. The molecule has 3 aromatic carbocycles. The number of nitrogens with one attached hydrogen (secondary N) is 2. The van der Waals surface area contributed by atoms with Gasteiger partial charge in [-0.2, -0.15) is 0 Å². The van der Waals surface area contributed by atoms with Gasteiger partial charge in [0, 0.05) is 5.56 Å². The third kappa shape index (κ3) is 3.19. The summed E-state index contributed by atoms with van der Waals surface area (Å²) in [7, 11) is 0. The molecule has 0 saturated heterocycles. The second-order valence-electron chi connectivity index (χ2n) is 5.97. The van der Waals surface area contributed by atoms with Crippen LogP contribution in [0.3, 0.4) is 0 Å². The predicted octanol–water partition coefficient (Wildman–Crippen LogP) is 4.22. The number of carbonyl (C=O) groups excluding carboxylic acids is 1. The second-order valence-corrected chi connectivity index (χ2v) is 5.97. The fourth-order valence-electron chi connectivity index (χ4n) is 2.91. The molecule has 128 valence electrons. The summed E-state index contributed by atoms with van der Waals surface area (Å²) in [5.41, 5.74) is 2.87. The molecule has 1 atom stereocenters. The summed E-state index contributed by atoms with van der Waals surface area (Å²) >= 11 is 0. The topological polar surface area (TPSA) is 57.8 Å². The van der Waals surface area contributed by atoms with Gasteiger partial charge in [0.15, 0.2) is 0 Å². The Morgan fingerprint density at radius 2 is 1.73 bits per heavy atom. The molecule has 2 N–H and O–H groups in total. The molecule has 1 unspecified atom stereocenters. The lowest BCUT2D eigenvalue weighted by molar-refractivity contribution is 0.0941. The normalized spacial score (nSPS) is 12.0. The maximum absolute atomic E-state index is 13.5. The van der Waals surface area contributed by atoms with Gasteiger partial charge in [-0.3, -0.25) is 4.79 Å². The number of H-pyrrole nitrogens is 1. The van der Waals surface area contributed by atoms with Gasteiger partial charge in [-0.05, 0) is 35.9 Å². The molecule has 0 bridgehead atoms. The van der Waals surface area contributed by atoms with Gasteiger partial charge >= 0.3 is 0 Å². The SMILES string of the molecule is O=C(NC(c1ccccc1)c1nc2ccccc2[nH]1)c1cccc(F)c1. The van der Waals surface area contributed by atoms with Crippen molar-refractivity contribution in [2.45, 2.75) is 6.04 Å². The molecule has 0 saturated carbocycles. The third-order valence-corrected chi connectivity index (χ3v) is 4.18. The van der Waals surface area contributed by atoms with Gasteiger partial charge in [0.2, 0.25) is 0 Å². The standard InChI is InChI=1S/C21H16FN3O/c22-16-10-6-9-15(13-16)21(26)25-19(14-7-2-1-3-8-14)20-23-17-11-4-5-12-18(17)24-20/h1-13,19H,(H,23,24)(H,25,26). The maximum atomic E-state index is 13.5. The maximum Gasteiger partial charge on any atom is 0.252 e. The number of aromatic nitrogens is 2. The van der Waals surface area contributed by atoms with Crippen LogP contribution in [-0.2, 0) is 0 Å². The van der Waals surface area contributed by atoms with Crippen LogP contribution in [0.5, 0.6) is 0 Å². The lowest BCUT2D eigenvalue weighted by Crippen LogP contribution is -2.30. The quantitative estimate of drug-likeness (QED) is 0.582.